The summed E-state index contributed by atoms with van der Waals surface area (Å²) in [6.45, 7) is 7.37. The number of ether oxygens (including phenoxy) is 2. The summed E-state index contributed by atoms with van der Waals surface area (Å²) in [5.41, 5.74) is 4.39. The van der Waals surface area contributed by atoms with Crippen molar-refractivity contribution in [1.29, 1.82) is 0 Å². The number of hydrogen-bond donors (Lipinski definition) is 3. The van der Waals surface area contributed by atoms with Crippen molar-refractivity contribution in [2.24, 2.45) is 0 Å². The highest BCUT2D eigenvalue weighted by Crippen LogP contribution is 2.31. The minimum Gasteiger partial charge on any atom is -0.439 e. The average molecular weight is 868 g/mol. The Morgan fingerprint density at radius 1 is 0.862 bits per heavy atom. The number of fused-ring (bicyclic) bond motifs is 2. The number of aromatic nitrogens is 1. The van der Waals surface area contributed by atoms with Gasteiger partial charge in [0.15, 0.2) is 22.7 Å². The number of nitrogens with zero attached hydrogens (tertiary/aromatic N) is 3. The van der Waals surface area contributed by atoms with Gasteiger partial charge in [0.05, 0.1) is 59.5 Å². The number of thiophene rings is 1. The average Bonchev–Trinajstić information content (AvgIpc) is 3.66. The molecule has 15 heteroatoms. The van der Waals surface area contributed by atoms with Gasteiger partial charge in [0.1, 0.15) is 0 Å². The zero-order valence-corrected chi connectivity index (χ0v) is 34.5. The number of anilines is 4. The van der Waals surface area contributed by atoms with Gasteiger partial charge >= 0.3 is 0 Å². The van der Waals surface area contributed by atoms with E-state index in [1.54, 1.807) is 11.0 Å². The van der Waals surface area contributed by atoms with E-state index in [4.69, 9.17) is 13.9 Å². The molecule has 3 N–H and O–H groups in total. The summed E-state index contributed by atoms with van der Waals surface area (Å²) in [4.78, 5) is 60.5. The summed E-state index contributed by atoms with van der Waals surface area (Å²) in [6, 6.07) is 22.3. The van der Waals surface area contributed by atoms with Crippen LogP contribution in [0.1, 0.15) is 38.3 Å². The summed E-state index contributed by atoms with van der Waals surface area (Å²) >= 11 is 5.00. The minimum absolute atomic E-state index is 0.00219. The highest BCUT2D eigenvalue weighted by molar-refractivity contribution is 9.10. The first-order valence-electron chi connectivity index (χ1n) is 19.0. The molecule has 0 saturated carbocycles. The van der Waals surface area contributed by atoms with Gasteiger partial charge in [-0.3, -0.25) is 19.2 Å². The smallest absolute Gasteiger partial charge is 0.257 e. The largest absolute Gasteiger partial charge is 0.439 e. The molecule has 0 unspecified atom stereocenters. The highest BCUT2D eigenvalue weighted by atomic mass is 79.9. The van der Waals surface area contributed by atoms with Crippen molar-refractivity contribution in [3.05, 3.63) is 121 Å². The second kappa shape index (κ2) is 18.8. The van der Waals surface area contributed by atoms with Gasteiger partial charge < -0.3 is 39.6 Å². The summed E-state index contributed by atoms with van der Waals surface area (Å²) in [7, 11) is 0. The van der Waals surface area contributed by atoms with Gasteiger partial charge in [-0.15, -0.1) is 11.3 Å². The Hall–Kier alpha value is -5.61. The molecule has 58 heavy (non-hydrogen) atoms. The Morgan fingerprint density at radius 3 is 2.43 bits per heavy atom. The van der Waals surface area contributed by atoms with Crippen LogP contribution < -0.4 is 26.3 Å². The molecule has 3 amide bonds. The molecule has 0 bridgehead atoms. The molecule has 0 spiro atoms. The van der Waals surface area contributed by atoms with E-state index in [1.165, 1.54) is 23.6 Å². The van der Waals surface area contributed by atoms with Crippen LogP contribution in [0.5, 0.6) is 0 Å². The third-order valence-corrected chi connectivity index (χ3v) is 11.3. The number of amides is 3. The normalized spacial score (nSPS) is 12.9. The molecular weight excluding hydrogens is 824 g/mol. The second-order valence-corrected chi connectivity index (χ2v) is 15.6. The number of carbonyl (C=O) groups excluding carboxylic acids is 3. The Balaban J connectivity index is 0.826. The predicted molar refractivity (Wildman–Crippen MR) is 231 cm³/mol. The summed E-state index contributed by atoms with van der Waals surface area (Å²) in [6.07, 6.45) is 1.71. The third-order valence-electron chi connectivity index (χ3n) is 9.74. The molecule has 0 aliphatic carbocycles. The zero-order valence-electron chi connectivity index (χ0n) is 32.1. The van der Waals surface area contributed by atoms with Gasteiger partial charge in [0.2, 0.25) is 5.91 Å². The van der Waals surface area contributed by atoms with E-state index in [0.29, 0.717) is 73.3 Å². The second-order valence-electron chi connectivity index (χ2n) is 13.8. The summed E-state index contributed by atoms with van der Waals surface area (Å²) < 4.78 is 19.1. The van der Waals surface area contributed by atoms with Crippen LogP contribution in [-0.2, 0) is 14.3 Å². The van der Waals surface area contributed by atoms with Crippen LogP contribution in [0.15, 0.2) is 98.1 Å². The molecule has 6 aromatic rings. The first-order valence-corrected chi connectivity index (χ1v) is 20.6. The SMILES string of the molecule is Cc1cc(Br)c2oc(N3CCN(C(=O)CCOCCOCCNC(=O)c4cnc(Nc5ccccc5C)c(NC(=O)c5csc6ccccc56)c4)CC3)cc(=O)c2c1. The van der Waals surface area contributed by atoms with E-state index in [9.17, 15) is 19.2 Å². The molecule has 3 aromatic heterocycles. The lowest BCUT2D eigenvalue weighted by atomic mass is 10.1. The zero-order chi connectivity index (χ0) is 40.6. The number of piperazine rings is 1. The quantitative estimate of drug-likeness (QED) is 0.0898. The Labute approximate surface area is 347 Å². The molecule has 1 aliphatic heterocycles. The molecule has 4 heterocycles. The van der Waals surface area contributed by atoms with Crippen molar-refractivity contribution in [3.63, 3.8) is 0 Å². The minimum atomic E-state index is -0.365. The molecule has 3 aromatic carbocycles. The van der Waals surface area contributed by atoms with Gasteiger partial charge in [0.25, 0.3) is 11.8 Å². The van der Waals surface area contributed by atoms with Crippen molar-refractivity contribution in [2.45, 2.75) is 20.3 Å². The molecular formula is C43H43BrN6O7S. The van der Waals surface area contributed by atoms with Crippen molar-refractivity contribution < 1.29 is 28.3 Å². The number of hydrogen-bond acceptors (Lipinski definition) is 11. The van der Waals surface area contributed by atoms with Crippen LogP contribution in [0.4, 0.5) is 23.1 Å². The lowest BCUT2D eigenvalue weighted by Gasteiger charge is -2.35. The molecule has 0 atom stereocenters. The number of halogens is 1. The fourth-order valence-electron chi connectivity index (χ4n) is 6.62. The number of benzene rings is 3. The molecule has 1 saturated heterocycles. The number of rotatable bonds is 15. The third kappa shape index (κ3) is 9.73. The number of aryl methyl sites for hydroxylation is 2. The molecule has 7 rings (SSSR count). The van der Waals surface area contributed by atoms with E-state index in [-0.39, 0.29) is 54.9 Å². The van der Waals surface area contributed by atoms with Crippen LogP contribution in [-0.4, -0.2) is 86.8 Å². The van der Waals surface area contributed by atoms with E-state index < -0.39 is 0 Å². The Bertz CT molecular complexity index is 2520. The topological polar surface area (TPSA) is 155 Å². The van der Waals surface area contributed by atoms with Gasteiger partial charge in [-0.1, -0.05) is 36.4 Å². The van der Waals surface area contributed by atoms with Crippen molar-refractivity contribution in [1.82, 2.24) is 15.2 Å². The molecule has 1 fully saturated rings. The van der Waals surface area contributed by atoms with E-state index in [0.717, 1.165) is 31.4 Å². The molecule has 1 aliphatic rings. The van der Waals surface area contributed by atoms with Crippen LogP contribution in [0.2, 0.25) is 0 Å². The number of carbonyl (C=O) groups is 3. The lowest BCUT2D eigenvalue weighted by Crippen LogP contribution is -2.49. The van der Waals surface area contributed by atoms with E-state index in [2.05, 4.69) is 36.9 Å². The fourth-order valence-corrected chi connectivity index (χ4v) is 8.21. The van der Waals surface area contributed by atoms with Crippen molar-refractivity contribution in [3.8, 4) is 0 Å². The Kier molecular flexibility index (Phi) is 13.1. The van der Waals surface area contributed by atoms with Crippen molar-refractivity contribution in [2.75, 3.05) is 74.7 Å². The first-order chi connectivity index (χ1) is 28.1. The maximum atomic E-state index is 13.5. The number of para-hydroxylation sites is 1. The molecule has 13 nitrogen and oxygen atoms in total. The Morgan fingerprint density at radius 2 is 1.62 bits per heavy atom. The molecule has 300 valence electrons. The summed E-state index contributed by atoms with van der Waals surface area (Å²) in [5.74, 6) is 0.228. The summed E-state index contributed by atoms with van der Waals surface area (Å²) in [5, 5.41) is 12.3. The van der Waals surface area contributed by atoms with Gasteiger partial charge in [-0.05, 0) is 71.2 Å². The maximum absolute atomic E-state index is 13.5. The van der Waals surface area contributed by atoms with Crippen LogP contribution in [0.25, 0.3) is 21.1 Å². The molecule has 0 radical (unpaired) electrons. The standard InChI is InChI=1S/C43H43BrN6O7S/c1-27-21-31-36(51)24-39(57-40(31)33(44)22-27)50-15-13-49(14-16-50)38(52)11-17-55-19-20-56-18-12-45-42(53)29-23-35(41(46-25-29)47-34-9-5-3-7-28(34)2)48-43(54)32-26-58-37-10-6-4-8-30(32)37/h3-10,21-26H,11-20H2,1-2H3,(H,45,53)(H,46,47)(H,48,54). The van der Waals surface area contributed by atoms with Gasteiger partial charge in [-0.25, -0.2) is 4.98 Å². The monoisotopic (exact) mass is 866 g/mol. The number of nitrogens with one attached hydrogen (secondary N) is 3. The maximum Gasteiger partial charge on any atom is 0.257 e. The van der Waals surface area contributed by atoms with Gasteiger partial charge in [0, 0.05) is 66.1 Å². The van der Waals surface area contributed by atoms with Crippen LogP contribution in [0, 0.1) is 13.8 Å². The van der Waals surface area contributed by atoms with E-state index in [1.807, 2.05) is 84.8 Å². The highest BCUT2D eigenvalue weighted by Gasteiger charge is 2.24. The van der Waals surface area contributed by atoms with E-state index >= 15 is 0 Å². The fraction of sp³-hybridized carbons (Fsp3) is 0.279. The first kappa shape index (κ1) is 40.6. The van der Waals surface area contributed by atoms with Crippen LogP contribution in [0.3, 0.4) is 0 Å². The van der Waals surface area contributed by atoms with Gasteiger partial charge in [-0.2, -0.15) is 0 Å². The number of pyridine rings is 1. The lowest BCUT2D eigenvalue weighted by molar-refractivity contribution is -0.132. The predicted octanol–water partition coefficient (Wildman–Crippen LogP) is 7.28. The van der Waals surface area contributed by atoms with Crippen LogP contribution >= 0.6 is 27.3 Å². The van der Waals surface area contributed by atoms with Crippen molar-refractivity contribution >= 4 is 89.1 Å².